The van der Waals surface area contributed by atoms with Crippen molar-refractivity contribution < 1.29 is 17.7 Å². The van der Waals surface area contributed by atoms with Gasteiger partial charge < -0.3 is 4.90 Å². The highest BCUT2D eigenvalue weighted by atomic mass is 32.2. The van der Waals surface area contributed by atoms with Gasteiger partial charge in [0.1, 0.15) is 11.5 Å². The van der Waals surface area contributed by atoms with Crippen LogP contribution in [0.2, 0.25) is 0 Å². The van der Waals surface area contributed by atoms with Crippen molar-refractivity contribution in [1.29, 1.82) is 0 Å². The van der Waals surface area contributed by atoms with Crippen LogP contribution in [0.3, 0.4) is 0 Å². The van der Waals surface area contributed by atoms with Gasteiger partial charge in [-0.05, 0) is 43.8 Å². The van der Waals surface area contributed by atoms with Crippen molar-refractivity contribution in [3.05, 3.63) is 64.0 Å². The van der Waals surface area contributed by atoms with Gasteiger partial charge in [-0.1, -0.05) is 12.1 Å². The van der Waals surface area contributed by atoms with Gasteiger partial charge in [-0.3, -0.25) is 10.1 Å². The van der Waals surface area contributed by atoms with Gasteiger partial charge in [0.25, 0.3) is 5.69 Å². The summed E-state index contributed by atoms with van der Waals surface area (Å²) in [6, 6.07) is 9.27. The molecule has 0 aliphatic heterocycles. The third-order valence-corrected chi connectivity index (χ3v) is 5.45. The van der Waals surface area contributed by atoms with Crippen molar-refractivity contribution in [2.75, 3.05) is 19.0 Å². The maximum atomic E-state index is 13.1. The van der Waals surface area contributed by atoms with E-state index in [-0.39, 0.29) is 28.1 Å². The minimum absolute atomic E-state index is 0.187. The van der Waals surface area contributed by atoms with Crippen LogP contribution in [0.5, 0.6) is 0 Å². The van der Waals surface area contributed by atoms with Crippen LogP contribution in [-0.2, 0) is 10.0 Å². The number of nitro benzene ring substituents is 1. The fraction of sp³-hybridized carbons (Fsp3) is 0.250. The van der Waals surface area contributed by atoms with Gasteiger partial charge in [0.2, 0.25) is 10.0 Å². The molecule has 0 bridgehead atoms. The second-order valence-electron chi connectivity index (χ2n) is 5.45. The van der Waals surface area contributed by atoms with Gasteiger partial charge >= 0.3 is 0 Å². The smallest absolute Gasteiger partial charge is 0.293 e. The number of hydrogen-bond acceptors (Lipinski definition) is 5. The van der Waals surface area contributed by atoms with Gasteiger partial charge in [0.15, 0.2) is 0 Å². The summed E-state index contributed by atoms with van der Waals surface area (Å²) in [5.74, 6) is -0.369. The maximum Gasteiger partial charge on any atom is 0.293 e. The standard InChI is InChI=1S/C16H18FN3O4S/c1-11(12-4-6-13(17)7-5-12)19(3)15-9-8-14(25(23,24)18-2)10-16(15)20(21)22/h4-11,18H,1-3H3. The molecule has 0 aliphatic rings. The monoisotopic (exact) mass is 367 g/mol. The molecule has 0 radical (unpaired) electrons. The van der Waals surface area contributed by atoms with E-state index in [0.717, 1.165) is 11.6 Å². The molecule has 2 aromatic rings. The predicted octanol–water partition coefficient (Wildman–Crippen LogP) is 2.84. The largest absolute Gasteiger partial charge is 0.362 e. The van der Waals surface area contributed by atoms with Crippen molar-refractivity contribution in [1.82, 2.24) is 4.72 Å². The summed E-state index contributed by atoms with van der Waals surface area (Å²) in [6.45, 7) is 1.81. The van der Waals surface area contributed by atoms with E-state index in [9.17, 15) is 22.9 Å². The number of rotatable bonds is 6. The first-order valence-corrected chi connectivity index (χ1v) is 8.86. The Morgan fingerprint density at radius 2 is 1.80 bits per heavy atom. The molecule has 0 saturated heterocycles. The minimum Gasteiger partial charge on any atom is -0.362 e. The van der Waals surface area contributed by atoms with Crippen LogP contribution < -0.4 is 9.62 Å². The molecule has 0 amide bonds. The number of nitrogens with zero attached hydrogens (tertiary/aromatic N) is 2. The first-order valence-electron chi connectivity index (χ1n) is 7.37. The topological polar surface area (TPSA) is 92.6 Å². The Hall–Kier alpha value is -2.52. The average Bonchev–Trinajstić information content (AvgIpc) is 2.60. The molecule has 0 spiro atoms. The lowest BCUT2D eigenvalue weighted by molar-refractivity contribution is -0.384. The maximum absolute atomic E-state index is 13.1. The van der Waals surface area contributed by atoms with Gasteiger partial charge in [0.05, 0.1) is 15.9 Å². The Bertz CT molecular complexity index is 885. The molecular weight excluding hydrogens is 349 g/mol. The zero-order chi connectivity index (χ0) is 18.8. The second-order valence-corrected chi connectivity index (χ2v) is 7.34. The summed E-state index contributed by atoms with van der Waals surface area (Å²) < 4.78 is 38.9. The molecule has 134 valence electrons. The van der Waals surface area contributed by atoms with Crippen LogP contribution in [-0.4, -0.2) is 27.4 Å². The normalized spacial score (nSPS) is 12.6. The Labute approximate surface area is 145 Å². The van der Waals surface area contributed by atoms with Crippen LogP contribution >= 0.6 is 0 Å². The molecule has 1 atom stereocenters. The summed E-state index contributed by atoms with van der Waals surface area (Å²) in [7, 11) is -0.899. The summed E-state index contributed by atoms with van der Waals surface area (Å²) in [6.07, 6.45) is 0. The van der Waals surface area contributed by atoms with Gasteiger partial charge in [0, 0.05) is 13.1 Å². The van der Waals surface area contributed by atoms with E-state index in [2.05, 4.69) is 4.72 Å². The van der Waals surface area contributed by atoms with Crippen molar-refractivity contribution in [2.24, 2.45) is 0 Å². The summed E-state index contributed by atoms with van der Waals surface area (Å²) in [5.41, 5.74) is 0.704. The number of nitrogens with one attached hydrogen (secondary N) is 1. The number of benzene rings is 2. The third-order valence-electron chi connectivity index (χ3n) is 4.04. The number of hydrogen-bond donors (Lipinski definition) is 1. The van der Waals surface area contributed by atoms with Gasteiger partial charge in [-0.25, -0.2) is 17.5 Å². The molecule has 0 saturated carbocycles. The Balaban J connectivity index is 2.46. The zero-order valence-electron chi connectivity index (χ0n) is 13.9. The lowest BCUT2D eigenvalue weighted by Gasteiger charge is -2.27. The molecule has 0 aromatic heterocycles. The summed E-state index contributed by atoms with van der Waals surface area (Å²) in [4.78, 5) is 12.2. The fourth-order valence-corrected chi connectivity index (χ4v) is 3.16. The van der Waals surface area contributed by atoms with Crippen LogP contribution in [0.15, 0.2) is 47.4 Å². The number of nitro groups is 1. The molecule has 2 rings (SSSR count). The molecule has 2 aromatic carbocycles. The third kappa shape index (κ3) is 3.94. The predicted molar refractivity (Wildman–Crippen MR) is 92.6 cm³/mol. The average molecular weight is 367 g/mol. The van der Waals surface area contributed by atoms with E-state index in [1.807, 2.05) is 6.92 Å². The Morgan fingerprint density at radius 1 is 1.20 bits per heavy atom. The van der Waals surface area contributed by atoms with Crippen molar-refractivity contribution in [3.63, 3.8) is 0 Å². The van der Waals surface area contributed by atoms with E-state index in [4.69, 9.17) is 0 Å². The second kappa shape index (κ2) is 7.16. The highest BCUT2D eigenvalue weighted by Gasteiger charge is 2.24. The Kier molecular flexibility index (Phi) is 5.39. The lowest BCUT2D eigenvalue weighted by atomic mass is 10.1. The number of sulfonamides is 1. The van der Waals surface area contributed by atoms with Crippen molar-refractivity contribution >= 4 is 21.4 Å². The number of halogens is 1. The minimum atomic E-state index is -3.79. The lowest BCUT2D eigenvalue weighted by Crippen LogP contribution is -2.23. The van der Waals surface area contributed by atoms with E-state index in [1.165, 1.54) is 31.3 Å². The molecular formula is C16H18FN3O4S. The molecule has 7 nitrogen and oxygen atoms in total. The highest BCUT2D eigenvalue weighted by Crippen LogP contribution is 2.34. The molecule has 25 heavy (non-hydrogen) atoms. The summed E-state index contributed by atoms with van der Waals surface area (Å²) >= 11 is 0. The van der Waals surface area contributed by atoms with Gasteiger partial charge in [-0.2, -0.15) is 0 Å². The van der Waals surface area contributed by atoms with Gasteiger partial charge in [-0.15, -0.1) is 0 Å². The van der Waals surface area contributed by atoms with E-state index >= 15 is 0 Å². The SMILES string of the molecule is CNS(=O)(=O)c1ccc(N(C)C(C)c2ccc(F)cc2)c([N+](=O)[O-])c1. The van der Waals surface area contributed by atoms with Crippen molar-refractivity contribution in [2.45, 2.75) is 17.9 Å². The van der Waals surface area contributed by atoms with E-state index < -0.39 is 14.9 Å². The quantitative estimate of drug-likeness (QED) is 0.626. The Morgan fingerprint density at radius 3 is 2.32 bits per heavy atom. The van der Waals surface area contributed by atoms with E-state index in [0.29, 0.717) is 0 Å². The van der Waals surface area contributed by atoms with Crippen LogP contribution in [0.1, 0.15) is 18.5 Å². The first-order chi connectivity index (χ1) is 11.7. The van der Waals surface area contributed by atoms with Crippen LogP contribution in [0.25, 0.3) is 0 Å². The van der Waals surface area contributed by atoms with Crippen LogP contribution in [0, 0.1) is 15.9 Å². The summed E-state index contributed by atoms with van der Waals surface area (Å²) in [5, 5.41) is 11.4. The zero-order valence-corrected chi connectivity index (χ0v) is 14.7. The highest BCUT2D eigenvalue weighted by molar-refractivity contribution is 7.89. The molecule has 0 aliphatic carbocycles. The molecule has 0 heterocycles. The van der Waals surface area contributed by atoms with Crippen molar-refractivity contribution in [3.8, 4) is 0 Å². The number of anilines is 1. The first kappa shape index (κ1) is 18.8. The molecule has 9 heteroatoms. The van der Waals surface area contributed by atoms with E-state index in [1.54, 1.807) is 24.1 Å². The molecule has 1 unspecified atom stereocenters. The molecule has 1 N–H and O–H groups in total. The molecule has 0 fully saturated rings. The van der Waals surface area contributed by atoms with Crippen LogP contribution in [0.4, 0.5) is 15.8 Å². The fourth-order valence-electron chi connectivity index (χ4n) is 2.41.